The fraction of sp³-hybridized carbons (Fsp3) is 0. The maximum Gasteiger partial charge on any atom is 0.262 e. The second-order valence-electron chi connectivity index (χ2n) is 3.20. The van der Waals surface area contributed by atoms with Crippen LogP contribution in [-0.4, -0.2) is 13.6 Å². The molecule has 0 bridgehead atoms. The van der Waals surface area contributed by atoms with Crippen LogP contribution in [0.4, 0.5) is 11.4 Å². The summed E-state index contributed by atoms with van der Waals surface area (Å²) in [7, 11) is -3.71. The van der Waals surface area contributed by atoms with Crippen LogP contribution in [0.25, 0.3) is 0 Å². The van der Waals surface area contributed by atoms with Gasteiger partial charge in [-0.25, -0.2) is 8.42 Å². The lowest BCUT2D eigenvalue weighted by atomic mass is 10.3. The summed E-state index contributed by atoms with van der Waals surface area (Å²) in [6.45, 7) is 0. The number of benzene rings is 1. The van der Waals surface area contributed by atoms with Crippen molar-refractivity contribution in [2.24, 2.45) is 0 Å². The van der Waals surface area contributed by atoms with E-state index in [0.29, 0.717) is 5.02 Å². The van der Waals surface area contributed by atoms with Crippen LogP contribution in [0.2, 0.25) is 5.02 Å². The van der Waals surface area contributed by atoms with Crippen molar-refractivity contribution >= 4 is 33.0 Å². The number of halogens is 1. The summed E-state index contributed by atoms with van der Waals surface area (Å²) >= 11 is 5.71. The quantitative estimate of drug-likeness (QED) is 0.830. The Morgan fingerprint density at radius 1 is 1.41 bits per heavy atom. The summed E-state index contributed by atoms with van der Waals surface area (Å²) in [5.74, 6) is 0. The molecule has 1 heterocycles. The highest BCUT2D eigenvalue weighted by atomic mass is 35.5. The summed E-state index contributed by atoms with van der Waals surface area (Å²) in [6.07, 6.45) is 2.42. The fourth-order valence-electron chi connectivity index (χ4n) is 1.16. The van der Waals surface area contributed by atoms with E-state index in [-0.39, 0.29) is 16.3 Å². The minimum atomic E-state index is -3.71. The maximum absolute atomic E-state index is 11.9. The van der Waals surface area contributed by atoms with E-state index in [4.69, 9.17) is 17.3 Å². The number of anilines is 2. The Labute approximate surface area is 102 Å². The molecule has 8 heteroatoms. The molecule has 0 saturated heterocycles. The van der Waals surface area contributed by atoms with Crippen molar-refractivity contribution < 1.29 is 12.9 Å². The van der Waals surface area contributed by atoms with E-state index in [1.165, 1.54) is 30.7 Å². The molecular weight excluding hydrogens is 266 g/mol. The minimum Gasteiger partial charge on any atom is -0.397 e. The summed E-state index contributed by atoms with van der Waals surface area (Å²) in [6, 6.07) is 4.05. The second kappa shape index (κ2) is 4.27. The van der Waals surface area contributed by atoms with Crippen LogP contribution in [-0.2, 0) is 10.0 Å². The third-order valence-electron chi connectivity index (χ3n) is 1.96. The molecule has 0 unspecified atom stereocenters. The Kier molecular flexibility index (Phi) is 2.95. The van der Waals surface area contributed by atoms with E-state index in [0.717, 1.165) is 0 Å². The number of nitrogens with zero attached hydrogens (tertiary/aromatic N) is 1. The predicted octanol–water partition coefficient (Wildman–Crippen LogP) is 1.71. The zero-order chi connectivity index (χ0) is 12.5. The molecule has 2 rings (SSSR count). The van der Waals surface area contributed by atoms with E-state index in [1.54, 1.807) is 0 Å². The van der Waals surface area contributed by atoms with Crippen LogP contribution < -0.4 is 10.5 Å². The van der Waals surface area contributed by atoms with Gasteiger partial charge in [-0.2, -0.15) is 0 Å². The van der Waals surface area contributed by atoms with Crippen LogP contribution in [0, 0.1) is 0 Å². The van der Waals surface area contributed by atoms with Gasteiger partial charge in [0.05, 0.1) is 21.8 Å². The highest BCUT2D eigenvalue weighted by Crippen LogP contribution is 2.23. The standard InChI is InChI=1S/C9H8ClN3O3S/c10-8-2-1-7(3-9(8)11)17(14,15)13-6-4-12-16-5-6/h1-5,13H,11H2. The van der Waals surface area contributed by atoms with Crippen molar-refractivity contribution in [3.8, 4) is 0 Å². The predicted molar refractivity (Wildman–Crippen MR) is 63.2 cm³/mol. The first-order chi connectivity index (χ1) is 7.99. The molecule has 0 radical (unpaired) electrons. The van der Waals surface area contributed by atoms with Gasteiger partial charge in [-0.15, -0.1) is 0 Å². The van der Waals surface area contributed by atoms with Crippen LogP contribution in [0.5, 0.6) is 0 Å². The molecule has 1 aromatic heterocycles. The number of hydrogen-bond donors (Lipinski definition) is 2. The molecule has 0 spiro atoms. The molecule has 6 nitrogen and oxygen atoms in total. The van der Waals surface area contributed by atoms with E-state index >= 15 is 0 Å². The fourth-order valence-corrected chi connectivity index (χ4v) is 2.33. The molecule has 17 heavy (non-hydrogen) atoms. The number of nitrogen functional groups attached to an aromatic ring is 1. The highest BCUT2D eigenvalue weighted by Gasteiger charge is 2.16. The lowest BCUT2D eigenvalue weighted by molar-refractivity contribution is 0.420. The van der Waals surface area contributed by atoms with Gasteiger partial charge >= 0.3 is 0 Å². The number of nitrogens with two attached hydrogens (primary N) is 1. The molecule has 0 fully saturated rings. The molecule has 1 aromatic carbocycles. The highest BCUT2D eigenvalue weighted by molar-refractivity contribution is 7.92. The monoisotopic (exact) mass is 273 g/mol. The van der Waals surface area contributed by atoms with Crippen molar-refractivity contribution in [3.05, 3.63) is 35.7 Å². The van der Waals surface area contributed by atoms with Crippen molar-refractivity contribution in [1.82, 2.24) is 5.16 Å². The van der Waals surface area contributed by atoms with Gasteiger partial charge in [0.25, 0.3) is 10.0 Å². The van der Waals surface area contributed by atoms with Gasteiger partial charge in [0.1, 0.15) is 12.0 Å². The number of rotatable bonds is 3. The lowest BCUT2D eigenvalue weighted by Crippen LogP contribution is -2.12. The Hall–Kier alpha value is -1.73. The molecule has 0 atom stereocenters. The van der Waals surface area contributed by atoms with Crippen molar-refractivity contribution in [1.29, 1.82) is 0 Å². The molecule has 0 aliphatic heterocycles. The molecule has 2 aromatic rings. The van der Waals surface area contributed by atoms with Gasteiger partial charge in [0, 0.05) is 0 Å². The molecule has 3 N–H and O–H groups in total. The van der Waals surface area contributed by atoms with Gasteiger partial charge in [-0.3, -0.25) is 4.72 Å². The average Bonchev–Trinajstić information content (AvgIpc) is 2.73. The maximum atomic E-state index is 11.9. The van der Waals surface area contributed by atoms with Gasteiger partial charge in [0.15, 0.2) is 0 Å². The number of sulfonamides is 1. The number of nitrogens with one attached hydrogen (secondary N) is 1. The zero-order valence-electron chi connectivity index (χ0n) is 8.42. The molecule has 0 saturated carbocycles. The molecule has 90 valence electrons. The van der Waals surface area contributed by atoms with Gasteiger partial charge in [-0.1, -0.05) is 16.8 Å². The summed E-state index contributed by atoms with van der Waals surface area (Å²) in [5.41, 5.74) is 5.96. The molecule has 0 amide bonds. The van der Waals surface area contributed by atoms with E-state index in [9.17, 15) is 8.42 Å². The van der Waals surface area contributed by atoms with Crippen LogP contribution in [0.15, 0.2) is 40.1 Å². The second-order valence-corrected chi connectivity index (χ2v) is 5.29. The lowest BCUT2D eigenvalue weighted by Gasteiger charge is -2.06. The van der Waals surface area contributed by atoms with E-state index in [2.05, 4.69) is 14.4 Å². The third-order valence-corrected chi connectivity index (χ3v) is 3.69. The van der Waals surface area contributed by atoms with Crippen LogP contribution in [0.1, 0.15) is 0 Å². The third kappa shape index (κ3) is 2.51. The smallest absolute Gasteiger partial charge is 0.262 e. The van der Waals surface area contributed by atoms with Gasteiger partial charge in [0.2, 0.25) is 0 Å². The zero-order valence-corrected chi connectivity index (χ0v) is 9.99. The number of aromatic nitrogens is 1. The van der Waals surface area contributed by atoms with Crippen molar-refractivity contribution in [3.63, 3.8) is 0 Å². The molecular formula is C9H8ClN3O3S. The normalized spacial score (nSPS) is 11.4. The Balaban J connectivity index is 2.35. The van der Waals surface area contributed by atoms with Crippen molar-refractivity contribution in [2.75, 3.05) is 10.5 Å². The van der Waals surface area contributed by atoms with E-state index < -0.39 is 10.0 Å². The van der Waals surface area contributed by atoms with Crippen LogP contribution in [0.3, 0.4) is 0 Å². The first kappa shape index (κ1) is 11.7. The minimum absolute atomic E-state index is 0.0144. The van der Waals surface area contributed by atoms with E-state index in [1.807, 2.05) is 0 Å². The first-order valence-electron chi connectivity index (χ1n) is 4.46. The number of hydrogen-bond acceptors (Lipinski definition) is 5. The SMILES string of the molecule is Nc1cc(S(=O)(=O)Nc2cnoc2)ccc1Cl. The summed E-state index contributed by atoms with van der Waals surface area (Å²) in [4.78, 5) is 0.0144. The average molecular weight is 274 g/mol. The molecule has 0 aliphatic carbocycles. The molecule has 0 aliphatic rings. The van der Waals surface area contributed by atoms with Crippen molar-refractivity contribution in [2.45, 2.75) is 4.90 Å². The van der Waals surface area contributed by atoms with Gasteiger partial charge < -0.3 is 10.3 Å². The summed E-state index contributed by atoms with van der Waals surface area (Å²) in [5, 5.41) is 3.68. The largest absolute Gasteiger partial charge is 0.397 e. The Morgan fingerprint density at radius 3 is 2.76 bits per heavy atom. The Morgan fingerprint density at radius 2 is 2.18 bits per heavy atom. The van der Waals surface area contributed by atoms with Gasteiger partial charge in [-0.05, 0) is 18.2 Å². The van der Waals surface area contributed by atoms with Crippen LogP contribution >= 0.6 is 11.6 Å². The first-order valence-corrected chi connectivity index (χ1v) is 6.32. The Bertz CT molecular complexity index is 625. The topological polar surface area (TPSA) is 98.2 Å². The summed E-state index contributed by atoms with van der Waals surface area (Å²) < 4.78 is 30.6.